The molecular weight excluding hydrogens is 174 g/mol. The fraction of sp³-hybridized carbons (Fsp3) is 1.00. The maximum absolute atomic E-state index is 10.7. The van der Waals surface area contributed by atoms with Gasteiger partial charge in [0.15, 0.2) is 0 Å². The monoisotopic (exact) mass is 188 g/mol. The molecule has 0 aromatic heterocycles. The van der Waals surface area contributed by atoms with E-state index in [4.69, 9.17) is 4.74 Å². The first-order valence-corrected chi connectivity index (χ1v) is 5.52. The van der Waals surface area contributed by atoms with Crippen molar-refractivity contribution in [3.05, 3.63) is 0 Å². The summed E-state index contributed by atoms with van der Waals surface area (Å²) in [4.78, 5) is 10.7. The topological polar surface area (TPSA) is 49.4 Å². The Morgan fingerprint density at radius 1 is 1.64 bits per heavy atom. The van der Waals surface area contributed by atoms with Crippen molar-refractivity contribution in [2.45, 2.75) is 26.1 Å². The van der Waals surface area contributed by atoms with E-state index in [2.05, 4.69) is 0 Å². The van der Waals surface area contributed by atoms with Crippen LogP contribution in [0.5, 0.6) is 0 Å². The number of rotatable bonds is 4. The van der Waals surface area contributed by atoms with Crippen LogP contribution in [0, 0.1) is 0 Å². The molecule has 0 spiro atoms. The first-order valence-electron chi connectivity index (χ1n) is 3.38. The molecule has 62 valence electrons. The molecule has 0 amide bonds. The zero-order valence-electron chi connectivity index (χ0n) is 7.66. The molecule has 0 radical (unpaired) electrons. The smallest absolute Gasteiger partial charge is 0.798 e. The maximum Gasteiger partial charge on any atom is 1.00 e. The minimum Gasteiger partial charge on any atom is -0.798 e. The Kier molecular flexibility index (Phi) is 8.85. The first-order chi connectivity index (χ1) is 4.48. The molecule has 2 atom stereocenters. The van der Waals surface area contributed by atoms with Gasteiger partial charge >= 0.3 is 29.6 Å². The summed E-state index contributed by atoms with van der Waals surface area (Å²) in [6.45, 7) is 5.22. The molecule has 0 N–H and O–H groups in total. The Balaban J connectivity index is 0. The van der Waals surface area contributed by atoms with Gasteiger partial charge in [-0.2, -0.15) is 0 Å². The van der Waals surface area contributed by atoms with Crippen molar-refractivity contribution in [3.63, 3.8) is 0 Å². The fourth-order valence-corrected chi connectivity index (χ4v) is 0.800. The van der Waals surface area contributed by atoms with Crippen LogP contribution >= 0.6 is 7.37 Å². The number of ether oxygens (including phenoxy) is 1. The van der Waals surface area contributed by atoms with E-state index < -0.39 is 13.2 Å². The van der Waals surface area contributed by atoms with Crippen molar-refractivity contribution in [1.29, 1.82) is 0 Å². The predicted molar refractivity (Wildman–Crippen MR) is 39.2 cm³/mol. The largest absolute Gasteiger partial charge is 1.00 e. The molecule has 0 aromatic rings. The summed E-state index contributed by atoms with van der Waals surface area (Å²) in [5.74, 6) is -0.632. The van der Waals surface area contributed by atoms with E-state index in [1.54, 1.807) is 6.92 Å². The van der Waals surface area contributed by atoms with Gasteiger partial charge in [0.2, 0.25) is 0 Å². The Hall–Kier alpha value is 1.15. The molecule has 0 rings (SSSR count). The molecule has 5 heteroatoms. The SMILES string of the molecule is CCCOC(C)P(C)(=O)[O-].[Na+]. The fourth-order valence-electron chi connectivity index (χ4n) is 0.424. The molecule has 3 nitrogen and oxygen atoms in total. The van der Waals surface area contributed by atoms with Gasteiger partial charge in [-0.1, -0.05) is 6.92 Å². The van der Waals surface area contributed by atoms with E-state index in [1.807, 2.05) is 6.92 Å². The van der Waals surface area contributed by atoms with Crippen molar-refractivity contribution in [2.75, 3.05) is 13.3 Å². The summed E-state index contributed by atoms with van der Waals surface area (Å²) in [6, 6.07) is 0. The molecular formula is C6H14NaO3P. The zero-order valence-corrected chi connectivity index (χ0v) is 10.6. The van der Waals surface area contributed by atoms with Crippen LogP contribution in [0.25, 0.3) is 0 Å². The molecule has 0 bridgehead atoms. The van der Waals surface area contributed by atoms with E-state index in [9.17, 15) is 9.46 Å². The molecule has 0 aromatic carbocycles. The summed E-state index contributed by atoms with van der Waals surface area (Å²) in [5.41, 5.74) is 0. The Bertz CT molecular complexity index is 134. The summed E-state index contributed by atoms with van der Waals surface area (Å²) in [7, 11) is -3.26. The Morgan fingerprint density at radius 2 is 2.09 bits per heavy atom. The third-order valence-corrected chi connectivity index (χ3v) is 2.69. The molecule has 0 saturated carbocycles. The van der Waals surface area contributed by atoms with Crippen LogP contribution in [-0.4, -0.2) is 19.1 Å². The average molecular weight is 188 g/mol. The Labute approximate surface area is 90.3 Å². The second-order valence-corrected chi connectivity index (χ2v) is 4.92. The minimum absolute atomic E-state index is 0. The molecule has 0 aliphatic carbocycles. The number of hydrogen-bond acceptors (Lipinski definition) is 3. The van der Waals surface area contributed by atoms with Crippen LogP contribution in [0.3, 0.4) is 0 Å². The molecule has 0 fully saturated rings. The van der Waals surface area contributed by atoms with Crippen molar-refractivity contribution in [2.24, 2.45) is 0 Å². The maximum atomic E-state index is 10.7. The summed E-state index contributed by atoms with van der Waals surface area (Å²) in [6.07, 6.45) is 0.852. The summed E-state index contributed by atoms with van der Waals surface area (Å²) in [5, 5.41) is 0. The van der Waals surface area contributed by atoms with E-state index in [0.29, 0.717) is 6.61 Å². The van der Waals surface area contributed by atoms with Crippen LogP contribution in [0.15, 0.2) is 0 Å². The predicted octanol–water partition coefficient (Wildman–Crippen LogP) is -1.97. The van der Waals surface area contributed by atoms with Gasteiger partial charge < -0.3 is 14.2 Å². The van der Waals surface area contributed by atoms with Gasteiger partial charge in [0.25, 0.3) is 0 Å². The second kappa shape index (κ2) is 6.64. The average Bonchev–Trinajstić information content (AvgIpc) is 1.80. The second-order valence-electron chi connectivity index (χ2n) is 2.38. The van der Waals surface area contributed by atoms with Gasteiger partial charge in [-0.3, -0.25) is 0 Å². The zero-order chi connectivity index (χ0) is 8.20. The van der Waals surface area contributed by atoms with Crippen molar-refractivity contribution >= 4 is 7.37 Å². The van der Waals surface area contributed by atoms with Gasteiger partial charge in [-0.25, -0.2) is 0 Å². The van der Waals surface area contributed by atoms with Crippen molar-refractivity contribution < 1.29 is 43.8 Å². The van der Waals surface area contributed by atoms with E-state index in [-0.39, 0.29) is 29.6 Å². The molecule has 2 unspecified atom stereocenters. The van der Waals surface area contributed by atoms with E-state index in [1.165, 1.54) is 6.66 Å². The van der Waals surface area contributed by atoms with Gasteiger partial charge in [0.1, 0.15) is 0 Å². The van der Waals surface area contributed by atoms with Crippen LogP contribution in [0.2, 0.25) is 0 Å². The third-order valence-electron chi connectivity index (χ3n) is 1.22. The third kappa shape index (κ3) is 7.51. The van der Waals surface area contributed by atoms with Gasteiger partial charge in [-0.05, 0) is 20.0 Å². The van der Waals surface area contributed by atoms with Gasteiger partial charge in [0, 0.05) is 14.0 Å². The van der Waals surface area contributed by atoms with Gasteiger partial charge in [0.05, 0.1) is 5.85 Å². The quantitative estimate of drug-likeness (QED) is 0.380. The first kappa shape index (κ1) is 14.7. The van der Waals surface area contributed by atoms with E-state index in [0.717, 1.165) is 6.42 Å². The molecule has 0 aliphatic heterocycles. The summed E-state index contributed by atoms with van der Waals surface area (Å²) >= 11 is 0. The molecule has 0 heterocycles. The number of hydrogen-bond donors (Lipinski definition) is 0. The van der Waals surface area contributed by atoms with Gasteiger partial charge in [-0.15, -0.1) is 0 Å². The van der Waals surface area contributed by atoms with Crippen LogP contribution in [0.1, 0.15) is 20.3 Å². The van der Waals surface area contributed by atoms with E-state index >= 15 is 0 Å². The van der Waals surface area contributed by atoms with Crippen molar-refractivity contribution in [1.82, 2.24) is 0 Å². The molecule has 0 saturated heterocycles. The molecule has 11 heavy (non-hydrogen) atoms. The Morgan fingerprint density at radius 3 is 2.36 bits per heavy atom. The van der Waals surface area contributed by atoms with Crippen LogP contribution in [0.4, 0.5) is 0 Å². The normalized spacial score (nSPS) is 18.2. The van der Waals surface area contributed by atoms with Crippen LogP contribution in [-0.2, 0) is 9.30 Å². The standard InChI is InChI=1S/C6H15O3P.Na/c1-4-5-9-6(2)10(3,7)8;/h6H,4-5H2,1-3H3,(H,7,8);/q;+1/p-1. The summed E-state index contributed by atoms with van der Waals surface area (Å²) < 4.78 is 15.7. The minimum atomic E-state index is -3.26. The van der Waals surface area contributed by atoms with Crippen LogP contribution < -0.4 is 34.5 Å². The van der Waals surface area contributed by atoms with Crippen molar-refractivity contribution in [3.8, 4) is 0 Å². The molecule has 0 aliphatic rings.